The van der Waals surface area contributed by atoms with E-state index in [1.807, 2.05) is 6.92 Å². The van der Waals surface area contributed by atoms with Gasteiger partial charge in [0.25, 0.3) is 5.69 Å². The molecule has 0 amide bonds. The van der Waals surface area contributed by atoms with Crippen molar-refractivity contribution in [3.63, 3.8) is 0 Å². The number of anilines is 1. The van der Waals surface area contributed by atoms with E-state index < -0.39 is 20.4 Å². The summed E-state index contributed by atoms with van der Waals surface area (Å²) >= 11 is 0. The van der Waals surface area contributed by atoms with Gasteiger partial charge in [-0.05, 0) is 26.0 Å². The van der Waals surface area contributed by atoms with Crippen molar-refractivity contribution in [2.24, 2.45) is 0 Å². The number of rotatable bonds is 6. The third kappa shape index (κ3) is 4.43. The van der Waals surface area contributed by atoms with E-state index in [0.717, 1.165) is 19.3 Å². The summed E-state index contributed by atoms with van der Waals surface area (Å²) < 4.78 is 29.0. The van der Waals surface area contributed by atoms with Crippen molar-refractivity contribution in [3.05, 3.63) is 28.3 Å². The van der Waals surface area contributed by atoms with Crippen molar-refractivity contribution >= 4 is 21.2 Å². The molecule has 2 rings (SSSR count). The van der Waals surface area contributed by atoms with Crippen LogP contribution in [0.3, 0.4) is 0 Å². The van der Waals surface area contributed by atoms with Crippen LogP contribution in [0, 0.1) is 10.1 Å². The average Bonchev–Trinajstić information content (AvgIpc) is 2.53. The van der Waals surface area contributed by atoms with Gasteiger partial charge in [0.15, 0.2) is 9.84 Å². The normalized spacial score (nSPS) is 18.8. The Morgan fingerprint density at radius 1 is 1.29 bits per heavy atom. The number of nitrogens with one attached hydrogen (secondary N) is 1. The topological polar surface area (TPSA) is 102 Å². The highest BCUT2D eigenvalue weighted by molar-refractivity contribution is 7.90. The van der Waals surface area contributed by atoms with Crippen molar-refractivity contribution in [2.45, 2.75) is 30.8 Å². The maximum absolute atomic E-state index is 11.8. The first-order valence-electron chi connectivity index (χ1n) is 7.77. The number of ether oxygens (including phenoxy) is 1. The fourth-order valence-electron chi connectivity index (χ4n) is 2.74. The first-order chi connectivity index (χ1) is 11.2. The molecule has 24 heavy (non-hydrogen) atoms. The Hall–Kier alpha value is -1.71. The van der Waals surface area contributed by atoms with Crippen molar-refractivity contribution < 1.29 is 18.1 Å². The molecule has 9 heteroatoms. The Labute approximate surface area is 141 Å². The number of hydrogen-bond donors (Lipinski definition) is 1. The van der Waals surface area contributed by atoms with Gasteiger partial charge in [0.1, 0.15) is 4.90 Å². The minimum absolute atomic E-state index is 0.0389. The molecule has 1 heterocycles. The zero-order valence-corrected chi connectivity index (χ0v) is 14.9. The molecule has 1 aliphatic heterocycles. The van der Waals surface area contributed by atoms with Gasteiger partial charge in [-0.1, -0.05) is 0 Å². The van der Waals surface area contributed by atoms with Crippen LogP contribution in [0.5, 0.6) is 0 Å². The summed E-state index contributed by atoms with van der Waals surface area (Å²) in [5.41, 5.74) is 0.144. The van der Waals surface area contributed by atoms with E-state index in [1.54, 1.807) is 0 Å². The fraction of sp³-hybridized carbons (Fsp3) is 0.600. The van der Waals surface area contributed by atoms with Gasteiger partial charge in [-0.2, -0.15) is 0 Å². The Kier molecular flexibility index (Phi) is 5.79. The molecule has 1 aromatic rings. The molecule has 1 N–H and O–H groups in total. The molecule has 2 atom stereocenters. The van der Waals surface area contributed by atoms with Crippen LogP contribution in [0.1, 0.15) is 13.8 Å². The minimum atomic E-state index is -3.69. The molecule has 1 aliphatic rings. The van der Waals surface area contributed by atoms with Crippen LogP contribution in [0.15, 0.2) is 23.1 Å². The van der Waals surface area contributed by atoms with Crippen LogP contribution in [-0.4, -0.2) is 62.9 Å². The highest BCUT2D eigenvalue weighted by atomic mass is 32.2. The molecule has 0 bridgehead atoms. The molecule has 0 aromatic heterocycles. The van der Waals surface area contributed by atoms with Crippen LogP contribution < -0.4 is 5.32 Å². The van der Waals surface area contributed by atoms with Gasteiger partial charge < -0.3 is 10.1 Å². The van der Waals surface area contributed by atoms with E-state index in [0.29, 0.717) is 18.9 Å². The highest BCUT2D eigenvalue weighted by Crippen LogP contribution is 2.27. The smallest absolute Gasteiger partial charge is 0.288 e. The lowest BCUT2D eigenvalue weighted by molar-refractivity contribution is -0.387. The lowest BCUT2D eigenvalue weighted by atomic mass is 10.1. The number of nitro groups is 1. The first-order valence-corrected chi connectivity index (χ1v) is 9.66. The predicted molar refractivity (Wildman–Crippen MR) is 91.1 cm³/mol. The largest absolute Gasteiger partial charge is 0.381 e. The number of nitrogens with zero attached hydrogens (tertiary/aromatic N) is 2. The minimum Gasteiger partial charge on any atom is -0.381 e. The van der Waals surface area contributed by atoms with Gasteiger partial charge in [0.05, 0.1) is 18.1 Å². The predicted octanol–water partition coefficient (Wildman–Crippen LogP) is 1.52. The molecule has 2 unspecified atom stereocenters. The molecular formula is C15H23N3O5S. The van der Waals surface area contributed by atoms with E-state index in [1.165, 1.54) is 18.2 Å². The first kappa shape index (κ1) is 18.6. The van der Waals surface area contributed by atoms with Crippen LogP contribution in [-0.2, 0) is 14.6 Å². The van der Waals surface area contributed by atoms with Gasteiger partial charge in [-0.25, -0.2) is 8.42 Å². The average molecular weight is 357 g/mol. The Bertz CT molecular complexity index is 701. The molecular weight excluding hydrogens is 334 g/mol. The van der Waals surface area contributed by atoms with Gasteiger partial charge >= 0.3 is 0 Å². The molecule has 0 spiro atoms. The second kappa shape index (κ2) is 7.45. The SMILES string of the molecule is CC(Nc1ccc([N+](=O)[O-])c(S(C)(=O)=O)c1)C(C)N1CCOCC1. The third-order valence-electron chi connectivity index (χ3n) is 4.30. The van der Waals surface area contributed by atoms with Crippen LogP contribution in [0.4, 0.5) is 11.4 Å². The molecule has 1 fully saturated rings. The zero-order chi connectivity index (χ0) is 17.9. The van der Waals surface area contributed by atoms with Crippen LogP contribution in [0.25, 0.3) is 0 Å². The summed E-state index contributed by atoms with van der Waals surface area (Å²) in [6.45, 7) is 7.19. The van der Waals surface area contributed by atoms with Crippen molar-refractivity contribution in [1.82, 2.24) is 4.90 Å². The molecule has 8 nitrogen and oxygen atoms in total. The van der Waals surface area contributed by atoms with E-state index >= 15 is 0 Å². The Balaban J connectivity index is 2.18. The summed E-state index contributed by atoms with van der Waals surface area (Å²) in [6.07, 6.45) is 0.971. The molecule has 134 valence electrons. The van der Waals surface area contributed by atoms with E-state index in [2.05, 4.69) is 17.1 Å². The van der Waals surface area contributed by atoms with E-state index in [9.17, 15) is 18.5 Å². The number of morpholine rings is 1. The van der Waals surface area contributed by atoms with Crippen molar-refractivity contribution in [2.75, 3.05) is 37.9 Å². The highest BCUT2D eigenvalue weighted by Gasteiger charge is 2.25. The second-order valence-corrected chi connectivity index (χ2v) is 8.02. The van der Waals surface area contributed by atoms with Gasteiger partial charge in [-0.3, -0.25) is 15.0 Å². The Morgan fingerprint density at radius 3 is 2.46 bits per heavy atom. The summed E-state index contributed by atoms with van der Waals surface area (Å²) in [5, 5.41) is 14.3. The molecule has 1 aromatic carbocycles. The summed E-state index contributed by atoms with van der Waals surface area (Å²) in [4.78, 5) is 12.4. The maximum Gasteiger partial charge on any atom is 0.288 e. The summed E-state index contributed by atoms with van der Waals surface area (Å²) in [6, 6.07) is 4.35. The molecule has 0 aliphatic carbocycles. The zero-order valence-electron chi connectivity index (χ0n) is 14.1. The second-order valence-electron chi connectivity index (χ2n) is 6.03. The third-order valence-corrected chi connectivity index (χ3v) is 5.42. The quantitative estimate of drug-likeness (QED) is 0.608. The van der Waals surface area contributed by atoms with Crippen LogP contribution in [0.2, 0.25) is 0 Å². The van der Waals surface area contributed by atoms with E-state index in [4.69, 9.17) is 4.74 Å². The Morgan fingerprint density at radius 2 is 1.92 bits per heavy atom. The molecule has 1 saturated heterocycles. The van der Waals surface area contributed by atoms with Crippen molar-refractivity contribution in [3.8, 4) is 0 Å². The standard InChI is InChI=1S/C15H23N3O5S/c1-11(12(2)17-6-8-23-9-7-17)16-13-4-5-14(18(19)20)15(10-13)24(3,21)22/h4-5,10-12,16H,6-9H2,1-3H3. The number of sulfone groups is 1. The molecule has 0 saturated carbocycles. The van der Waals surface area contributed by atoms with Gasteiger partial charge in [-0.15, -0.1) is 0 Å². The number of nitro benzene ring substituents is 1. The number of benzene rings is 1. The lowest BCUT2D eigenvalue weighted by Crippen LogP contribution is -2.48. The fourth-order valence-corrected chi connectivity index (χ4v) is 3.60. The molecule has 0 radical (unpaired) electrons. The van der Waals surface area contributed by atoms with Crippen molar-refractivity contribution in [1.29, 1.82) is 0 Å². The van der Waals surface area contributed by atoms with Gasteiger partial charge in [0.2, 0.25) is 0 Å². The monoisotopic (exact) mass is 357 g/mol. The van der Waals surface area contributed by atoms with Gasteiger partial charge in [0, 0.05) is 43.2 Å². The maximum atomic E-state index is 11.8. The van der Waals surface area contributed by atoms with E-state index in [-0.39, 0.29) is 17.0 Å². The summed E-state index contributed by atoms with van der Waals surface area (Å²) in [7, 11) is -3.69. The van der Waals surface area contributed by atoms with Crippen LogP contribution >= 0.6 is 0 Å². The summed E-state index contributed by atoms with van der Waals surface area (Å²) in [5.74, 6) is 0. The number of hydrogen-bond acceptors (Lipinski definition) is 7. The lowest BCUT2D eigenvalue weighted by Gasteiger charge is -2.36.